The molecule has 0 radical (unpaired) electrons. The van der Waals surface area contributed by atoms with E-state index in [4.69, 9.17) is 9.47 Å². The summed E-state index contributed by atoms with van der Waals surface area (Å²) >= 11 is 0. The molecule has 30 heavy (non-hydrogen) atoms. The van der Waals surface area contributed by atoms with Gasteiger partial charge in [0.2, 0.25) is 5.91 Å². The molecule has 0 saturated carbocycles. The maximum Gasteiger partial charge on any atom is 0.234 e. The molecule has 0 spiro atoms. The number of methoxy groups -OCH3 is 1. The minimum absolute atomic E-state index is 0. The molecule has 0 bridgehead atoms. The average molecular weight is 533 g/mol. The maximum absolute atomic E-state index is 11.9. The van der Waals surface area contributed by atoms with E-state index in [2.05, 4.69) is 25.4 Å². The molecule has 1 atom stereocenters. The summed E-state index contributed by atoms with van der Waals surface area (Å²) in [6.45, 7) is 10.4. The first-order chi connectivity index (χ1) is 13.9. The van der Waals surface area contributed by atoms with Gasteiger partial charge < -0.3 is 25.0 Å². The van der Waals surface area contributed by atoms with Gasteiger partial charge in [0.15, 0.2) is 5.96 Å². The molecule has 2 rings (SSSR count). The van der Waals surface area contributed by atoms with Crippen molar-refractivity contribution >= 4 is 35.8 Å². The van der Waals surface area contributed by atoms with Crippen molar-refractivity contribution in [2.24, 2.45) is 4.99 Å². The van der Waals surface area contributed by atoms with Crippen molar-refractivity contribution in [3.05, 3.63) is 24.3 Å². The van der Waals surface area contributed by atoms with E-state index in [-0.39, 0.29) is 42.0 Å². The normalized spacial score (nSPS) is 15.9. The van der Waals surface area contributed by atoms with Gasteiger partial charge >= 0.3 is 0 Å². The van der Waals surface area contributed by atoms with Crippen LogP contribution >= 0.6 is 24.0 Å². The number of piperazine rings is 1. The molecular formula is C21H36IN5O3. The first-order valence-corrected chi connectivity index (χ1v) is 10.2. The molecule has 1 aromatic carbocycles. The highest BCUT2D eigenvalue weighted by atomic mass is 127. The Kier molecular flexibility index (Phi) is 11.9. The van der Waals surface area contributed by atoms with Crippen molar-refractivity contribution in [2.45, 2.75) is 32.9 Å². The monoisotopic (exact) mass is 533 g/mol. The standard InChI is InChI=1S/C21H35N5O3.HI/c1-16(2)24-20(27)15-25-10-12-26(13-11-25)21(22-4)23-14-17(3)29-19-8-6-18(28-5)7-9-19;/h6-9,16-17H,10-15H2,1-5H3,(H,22,23)(H,24,27);1H. The Bertz CT molecular complexity index is 661. The highest BCUT2D eigenvalue weighted by Gasteiger charge is 2.21. The highest BCUT2D eigenvalue weighted by molar-refractivity contribution is 14.0. The third-order valence-electron chi connectivity index (χ3n) is 4.64. The van der Waals surface area contributed by atoms with Crippen LogP contribution in [0.25, 0.3) is 0 Å². The number of rotatable bonds is 8. The first-order valence-electron chi connectivity index (χ1n) is 10.2. The van der Waals surface area contributed by atoms with E-state index in [1.807, 2.05) is 45.0 Å². The molecule has 0 aromatic heterocycles. The number of hydrogen-bond donors (Lipinski definition) is 2. The lowest BCUT2D eigenvalue weighted by Crippen LogP contribution is -2.55. The number of halogens is 1. The van der Waals surface area contributed by atoms with Crippen LogP contribution in [-0.4, -0.2) is 87.2 Å². The summed E-state index contributed by atoms with van der Waals surface area (Å²) in [5.74, 6) is 2.56. The number of benzene rings is 1. The van der Waals surface area contributed by atoms with Gasteiger partial charge in [-0.1, -0.05) is 0 Å². The molecule has 1 aromatic rings. The molecule has 8 nitrogen and oxygen atoms in total. The summed E-state index contributed by atoms with van der Waals surface area (Å²) in [5.41, 5.74) is 0. The van der Waals surface area contributed by atoms with E-state index in [1.54, 1.807) is 14.2 Å². The van der Waals surface area contributed by atoms with Crippen molar-refractivity contribution in [1.82, 2.24) is 20.4 Å². The lowest BCUT2D eigenvalue weighted by molar-refractivity contribution is -0.123. The fourth-order valence-electron chi connectivity index (χ4n) is 3.18. The zero-order valence-corrected chi connectivity index (χ0v) is 21.0. The zero-order chi connectivity index (χ0) is 21.2. The van der Waals surface area contributed by atoms with E-state index in [9.17, 15) is 4.79 Å². The lowest BCUT2D eigenvalue weighted by Gasteiger charge is -2.36. The molecule has 9 heteroatoms. The van der Waals surface area contributed by atoms with E-state index < -0.39 is 0 Å². The van der Waals surface area contributed by atoms with Gasteiger partial charge in [0.05, 0.1) is 20.2 Å². The number of guanidine groups is 1. The maximum atomic E-state index is 11.9. The Labute approximate surface area is 197 Å². The number of nitrogens with zero attached hydrogens (tertiary/aromatic N) is 3. The number of ether oxygens (including phenoxy) is 2. The molecule has 1 fully saturated rings. The van der Waals surface area contributed by atoms with E-state index in [0.29, 0.717) is 13.1 Å². The summed E-state index contributed by atoms with van der Waals surface area (Å²) in [6, 6.07) is 7.75. The number of amides is 1. The third-order valence-corrected chi connectivity index (χ3v) is 4.64. The fraction of sp³-hybridized carbons (Fsp3) is 0.619. The smallest absolute Gasteiger partial charge is 0.234 e. The van der Waals surface area contributed by atoms with Crippen LogP contribution in [0.1, 0.15) is 20.8 Å². The van der Waals surface area contributed by atoms with Gasteiger partial charge in [-0.05, 0) is 45.0 Å². The minimum atomic E-state index is -0.0128. The van der Waals surface area contributed by atoms with Gasteiger partial charge in [0.25, 0.3) is 0 Å². The predicted molar refractivity (Wildman–Crippen MR) is 131 cm³/mol. The van der Waals surface area contributed by atoms with Gasteiger partial charge in [0, 0.05) is 39.3 Å². The largest absolute Gasteiger partial charge is 0.497 e. The number of carbonyl (C=O) groups is 1. The Morgan fingerprint density at radius 2 is 1.70 bits per heavy atom. The second-order valence-electron chi connectivity index (χ2n) is 7.52. The SMILES string of the molecule is CN=C(NCC(C)Oc1ccc(OC)cc1)N1CCN(CC(=O)NC(C)C)CC1.I. The van der Waals surface area contributed by atoms with E-state index in [1.165, 1.54) is 0 Å². The summed E-state index contributed by atoms with van der Waals surface area (Å²) in [5, 5.41) is 6.33. The van der Waals surface area contributed by atoms with Crippen molar-refractivity contribution < 1.29 is 14.3 Å². The third kappa shape index (κ3) is 8.95. The predicted octanol–water partition coefficient (Wildman–Crippen LogP) is 1.80. The molecule has 0 aliphatic carbocycles. The zero-order valence-electron chi connectivity index (χ0n) is 18.7. The van der Waals surface area contributed by atoms with Crippen LogP contribution in [0.3, 0.4) is 0 Å². The minimum Gasteiger partial charge on any atom is -0.497 e. The molecule has 1 heterocycles. The average Bonchev–Trinajstić information content (AvgIpc) is 2.69. The van der Waals surface area contributed by atoms with Gasteiger partial charge in [-0.2, -0.15) is 0 Å². The van der Waals surface area contributed by atoms with E-state index >= 15 is 0 Å². The van der Waals surface area contributed by atoms with Crippen LogP contribution in [0, 0.1) is 0 Å². The lowest BCUT2D eigenvalue weighted by atomic mass is 10.3. The molecular weight excluding hydrogens is 497 g/mol. The Hall–Kier alpha value is -1.75. The van der Waals surface area contributed by atoms with Crippen LogP contribution in [0.4, 0.5) is 0 Å². The Morgan fingerprint density at radius 1 is 1.10 bits per heavy atom. The quantitative estimate of drug-likeness (QED) is 0.302. The Balaban J connectivity index is 0.00000450. The molecule has 1 amide bonds. The molecule has 1 unspecified atom stereocenters. The molecule has 1 aliphatic heterocycles. The number of hydrogen-bond acceptors (Lipinski definition) is 5. The summed E-state index contributed by atoms with van der Waals surface area (Å²) in [4.78, 5) is 20.7. The Morgan fingerprint density at radius 3 is 2.23 bits per heavy atom. The van der Waals surface area contributed by atoms with E-state index in [0.717, 1.165) is 43.6 Å². The summed E-state index contributed by atoms with van der Waals surface area (Å²) in [7, 11) is 3.44. The molecule has 170 valence electrons. The fourth-order valence-corrected chi connectivity index (χ4v) is 3.18. The number of aliphatic imine (C=N–C) groups is 1. The first kappa shape index (κ1) is 26.3. The van der Waals surface area contributed by atoms with Crippen LogP contribution in [-0.2, 0) is 4.79 Å². The topological polar surface area (TPSA) is 78.4 Å². The van der Waals surface area contributed by atoms with Crippen molar-refractivity contribution in [2.75, 3.05) is 53.4 Å². The van der Waals surface area contributed by atoms with Gasteiger partial charge in [0.1, 0.15) is 17.6 Å². The van der Waals surface area contributed by atoms with Crippen molar-refractivity contribution in [3.8, 4) is 11.5 Å². The highest BCUT2D eigenvalue weighted by Crippen LogP contribution is 2.18. The van der Waals surface area contributed by atoms with Gasteiger partial charge in [-0.15, -0.1) is 24.0 Å². The van der Waals surface area contributed by atoms with Crippen LogP contribution in [0.5, 0.6) is 11.5 Å². The molecule has 1 saturated heterocycles. The second kappa shape index (κ2) is 13.5. The van der Waals surface area contributed by atoms with Gasteiger partial charge in [-0.25, -0.2) is 0 Å². The summed E-state index contributed by atoms with van der Waals surface area (Å²) < 4.78 is 11.1. The molecule has 1 aliphatic rings. The van der Waals surface area contributed by atoms with Crippen molar-refractivity contribution in [1.29, 1.82) is 0 Å². The number of carbonyl (C=O) groups excluding carboxylic acids is 1. The van der Waals surface area contributed by atoms with Crippen molar-refractivity contribution in [3.63, 3.8) is 0 Å². The summed E-state index contributed by atoms with van der Waals surface area (Å²) in [6.07, 6.45) is -0.0128. The van der Waals surface area contributed by atoms with Gasteiger partial charge in [-0.3, -0.25) is 14.7 Å². The van der Waals surface area contributed by atoms with Crippen LogP contribution in [0.15, 0.2) is 29.3 Å². The van der Waals surface area contributed by atoms with Crippen LogP contribution < -0.4 is 20.1 Å². The molecule has 2 N–H and O–H groups in total. The van der Waals surface area contributed by atoms with Crippen LogP contribution in [0.2, 0.25) is 0 Å². The second-order valence-corrected chi connectivity index (χ2v) is 7.52. The number of nitrogens with one attached hydrogen (secondary N) is 2.